The Kier molecular flexibility index (Phi) is 3.86. The molecule has 0 fully saturated rings. The fourth-order valence-corrected chi connectivity index (χ4v) is 2.67. The molecule has 0 radical (unpaired) electrons. The maximum Gasteiger partial charge on any atom is 0.246 e. The predicted molar refractivity (Wildman–Crippen MR) is 91.5 cm³/mol. The standard InChI is InChI=1S/C18H20N4O/c1-11-6-5-7-12(2)18(11)19-17(23)10-22-16-9-14(4)13(3)8-15(16)20-21-22/h5-9H,10H2,1-4H3,(H,19,23). The number of nitrogens with zero attached hydrogens (tertiary/aromatic N) is 3. The molecule has 1 N–H and O–H groups in total. The van der Waals surface area contributed by atoms with Crippen molar-refractivity contribution in [2.45, 2.75) is 34.2 Å². The van der Waals surface area contributed by atoms with E-state index in [0.717, 1.165) is 33.4 Å². The molecule has 0 unspecified atom stereocenters. The lowest BCUT2D eigenvalue weighted by Gasteiger charge is -2.11. The Bertz CT molecular complexity index is 875. The number of para-hydroxylation sites is 1. The number of carbonyl (C=O) groups excluding carboxylic acids is 1. The summed E-state index contributed by atoms with van der Waals surface area (Å²) in [6, 6.07) is 9.98. The predicted octanol–water partition coefficient (Wildman–Crippen LogP) is 3.30. The zero-order valence-electron chi connectivity index (χ0n) is 13.8. The van der Waals surface area contributed by atoms with Crippen molar-refractivity contribution < 1.29 is 4.79 Å². The van der Waals surface area contributed by atoms with Crippen LogP contribution in [-0.4, -0.2) is 20.9 Å². The second-order valence-electron chi connectivity index (χ2n) is 5.99. The van der Waals surface area contributed by atoms with E-state index in [1.165, 1.54) is 5.56 Å². The van der Waals surface area contributed by atoms with Gasteiger partial charge >= 0.3 is 0 Å². The van der Waals surface area contributed by atoms with E-state index in [2.05, 4.69) is 15.6 Å². The Hall–Kier alpha value is -2.69. The highest BCUT2D eigenvalue weighted by molar-refractivity contribution is 5.93. The van der Waals surface area contributed by atoms with Crippen LogP contribution in [0.2, 0.25) is 0 Å². The van der Waals surface area contributed by atoms with E-state index in [-0.39, 0.29) is 12.5 Å². The van der Waals surface area contributed by atoms with Gasteiger partial charge in [0.05, 0.1) is 5.52 Å². The van der Waals surface area contributed by atoms with Gasteiger partial charge in [0.25, 0.3) is 0 Å². The Morgan fingerprint density at radius 3 is 2.39 bits per heavy atom. The van der Waals surface area contributed by atoms with E-state index < -0.39 is 0 Å². The Labute approximate surface area is 135 Å². The van der Waals surface area contributed by atoms with Crippen molar-refractivity contribution in [2.24, 2.45) is 0 Å². The van der Waals surface area contributed by atoms with E-state index in [9.17, 15) is 4.79 Å². The zero-order valence-corrected chi connectivity index (χ0v) is 13.8. The molecule has 0 aliphatic heterocycles. The molecule has 1 amide bonds. The lowest BCUT2D eigenvalue weighted by Crippen LogP contribution is -2.20. The van der Waals surface area contributed by atoms with Crippen LogP contribution in [0.4, 0.5) is 5.69 Å². The van der Waals surface area contributed by atoms with Crippen LogP contribution < -0.4 is 5.32 Å². The summed E-state index contributed by atoms with van der Waals surface area (Å²) in [5, 5.41) is 11.2. The molecule has 0 spiro atoms. The fourth-order valence-electron chi connectivity index (χ4n) is 2.67. The molecular formula is C18H20N4O. The number of carbonyl (C=O) groups is 1. The molecule has 2 aromatic carbocycles. The molecule has 0 saturated carbocycles. The van der Waals surface area contributed by atoms with E-state index in [0.29, 0.717) is 0 Å². The molecule has 3 aromatic rings. The normalized spacial score (nSPS) is 11.0. The minimum atomic E-state index is -0.104. The molecular weight excluding hydrogens is 288 g/mol. The second-order valence-corrected chi connectivity index (χ2v) is 5.99. The van der Waals surface area contributed by atoms with Crippen molar-refractivity contribution in [1.29, 1.82) is 0 Å². The van der Waals surface area contributed by atoms with E-state index in [1.54, 1.807) is 4.68 Å². The summed E-state index contributed by atoms with van der Waals surface area (Å²) in [5.41, 5.74) is 6.99. The first-order chi connectivity index (χ1) is 11.0. The number of hydrogen-bond donors (Lipinski definition) is 1. The number of anilines is 1. The van der Waals surface area contributed by atoms with Crippen LogP contribution in [-0.2, 0) is 11.3 Å². The molecule has 5 nitrogen and oxygen atoms in total. The van der Waals surface area contributed by atoms with Crippen LogP contribution in [0.3, 0.4) is 0 Å². The number of amides is 1. The first-order valence-electron chi connectivity index (χ1n) is 7.62. The van der Waals surface area contributed by atoms with E-state index in [1.807, 2.05) is 58.0 Å². The summed E-state index contributed by atoms with van der Waals surface area (Å²) in [6.45, 7) is 8.20. The van der Waals surface area contributed by atoms with Gasteiger partial charge in [-0.25, -0.2) is 4.68 Å². The van der Waals surface area contributed by atoms with Crippen LogP contribution in [0.15, 0.2) is 30.3 Å². The molecule has 5 heteroatoms. The Balaban J connectivity index is 1.85. The summed E-state index contributed by atoms with van der Waals surface area (Å²) < 4.78 is 1.64. The fraction of sp³-hybridized carbons (Fsp3) is 0.278. The van der Waals surface area contributed by atoms with Gasteiger partial charge in [0.2, 0.25) is 5.91 Å². The van der Waals surface area contributed by atoms with E-state index >= 15 is 0 Å². The maximum atomic E-state index is 12.4. The number of rotatable bonds is 3. The van der Waals surface area contributed by atoms with Gasteiger partial charge in [-0.1, -0.05) is 23.4 Å². The number of benzene rings is 2. The average Bonchev–Trinajstić information content (AvgIpc) is 2.86. The largest absolute Gasteiger partial charge is 0.324 e. The number of aromatic nitrogens is 3. The Morgan fingerprint density at radius 2 is 1.70 bits per heavy atom. The maximum absolute atomic E-state index is 12.4. The third kappa shape index (κ3) is 2.95. The van der Waals surface area contributed by atoms with Crippen molar-refractivity contribution in [1.82, 2.24) is 15.0 Å². The van der Waals surface area contributed by atoms with Crippen LogP contribution >= 0.6 is 0 Å². The summed E-state index contributed by atoms with van der Waals surface area (Å²) in [7, 11) is 0. The monoisotopic (exact) mass is 308 g/mol. The first-order valence-corrected chi connectivity index (χ1v) is 7.62. The Morgan fingerprint density at radius 1 is 1.04 bits per heavy atom. The summed E-state index contributed by atoms with van der Waals surface area (Å²) >= 11 is 0. The number of hydrogen-bond acceptors (Lipinski definition) is 3. The number of fused-ring (bicyclic) bond motifs is 1. The van der Waals surface area contributed by atoms with Gasteiger partial charge in [0, 0.05) is 5.69 Å². The highest BCUT2D eigenvalue weighted by atomic mass is 16.2. The van der Waals surface area contributed by atoms with Gasteiger partial charge in [0.15, 0.2) is 0 Å². The molecule has 23 heavy (non-hydrogen) atoms. The summed E-state index contributed by atoms with van der Waals surface area (Å²) in [6.07, 6.45) is 0. The van der Waals surface area contributed by atoms with Gasteiger partial charge < -0.3 is 5.32 Å². The highest BCUT2D eigenvalue weighted by Gasteiger charge is 2.12. The zero-order chi connectivity index (χ0) is 16.6. The van der Waals surface area contributed by atoms with Gasteiger partial charge in [0.1, 0.15) is 12.1 Å². The minimum Gasteiger partial charge on any atom is -0.324 e. The lowest BCUT2D eigenvalue weighted by molar-refractivity contribution is -0.116. The van der Waals surface area contributed by atoms with Gasteiger partial charge in [-0.15, -0.1) is 5.10 Å². The molecule has 0 bridgehead atoms. The van der Waals surface area contributed by atoms with Crippen LogP contribution in [0, 0.1) is 27.7 Å². The smallest absolute Gasteiger partial charge is 0.246 e. The first kappa shape index (κ1) is 15.2. The van der Waals surface area contributed by atoms with Gasteiger partial charge in [-0.2, -0.15) is 0 Å². The second kappa shape index (κ2) is 5.83. The molecule has 3 rings (SSSR count). The molecule has 0 saturated heterocycles. The molecule has 0 aliphatic carbocycles. The lowest BCUT2D eigenvalue weighted by atomic mass is 10.1. The average molecular weight is 308 g/mol. The summed E-state index contributed by atoms with van der Waals surface area (Å²) in [4.78, 5) is 12.4. The molecule has 1 aromatic heterocycles. The molecule has 118 valence electrons. The van der Waals surface area contributed by atoms with Crippen molar-refractivity contribution in [3.63, 3.8) is 0 Å². The SMILES string of the molecule is Cc1cc2nnn(CC(=O)Nc3c(C)cccc3C)c2cc1C. The quantitative estimate of drug-likeness (QED) is 0.807. The number of aryl methyl sites for hydroxylation is 4. The van der Waals surface area contributed by atoms with Crippen molar-refractivity contribution in [2.75, 3.05) is 5.32 Å². The molecule has 1 heterocycles. The highest BCUT2D eigenvalue weighted by Crippen LogP contribution is 2.20. The van der Waals surface area contributed by atoms with Crippen LogP contribution in [0.1, 0.15) is 22.3 Å². The summed E-state index contributed by atoms with van der Waals surface area (Å²) in [5.74, 6) is -0.104. The third-order valence-electron chi connectivity index (χ3n) is 4.17. The molecule has 0 aliphatic rings. The van der Waals surface area contributed by atoms with Crippen molar-refractivity contribution in [3.05, 3.63) is 52.6 Å². The topological polar surface area (TPSA) is 59.8 Å². The van der Waals surface area contributed by atoms with E-state index in [4.69, 9.17) is 0 Å². The van der Waals surface area contributed by atoms with Crippen LogP contribution in [0.25, 0.3) is 11.0 Å². The molecule has 0 atom stereocenters. The van der Waals surface area contributed by atoms with Gasteiger partial charge in [-0.05, 0) is 62.1 Å². The van der Waals surface area contributed by atoms with Crippen molar-refractivity contribution >= 4 is 22.6 Å². The number of nitrogens with one attached hydrogen (secondary N) is 1. The van der Waals surface area contributed by atoms with Crippen molar-refractivity contribution in [3.8, 4) is 0 Å². The van der Waals surface area contributed by atoms with Crippen LogP contribution in [0.5, 0.6) is 0 Å². The third-order valence-corrected chi connectivity index (χ3v) is 4.17. The minimum absolute atomic E-state index is 0.104. The van der Waals surface area contributed by atoms with Gasteiger partial charge in [-0.3, -0.25) is 4.79 Å².